The molecule has 0 saturated carbocycles. The fourth-order valence-electron chi connectivity index (χ4n) is 1.72. The van der Waals surface area contributed by atoms with Gasteiger partial charge in [0.1, 0.15) is 5.75 Å². The number of anilines is 1. The molecule has 2 rings (SSSR count). The number of ether oxygens (including phenoxy) is 1. The number of nitrogens with one attached hydrogen (secondary N) is 2. The maximum Gasteiger partial charge on any atom is 0.319 e. The first kappa shape index (κ1) is 15.3. The Bertz CT molecular complexity index is 558. The van der Waals surface area contributed by atoms with Crippen LogP contribution in [0.5, 0.6) is 5.75 Å². The van der Waals surface area contributed by atoms with Gasteiger partial charge in [0.15, 0.2) is 0 Å². The standard InChI is InChI=1S/C15H19N3O2S/c1-2-8-20-14-5-3-4-12(9-14)18-15(19)16-7-6-13-10-21-11-17-13/h3-5,9-11H,2,6-8H2,1H3,(H2,16,18,19). The van der Waals surface area contributed by atoms with Gasteiger partial charge in [-0.15, -0.1) is 11.3 Å². The molecule has 0 radical (unpaired) electrons. The van der Waals surface area contributed by atoms with Gasteiger partial charge in [-0.2, -0.15) is 0 Å². The first-order chi connectivity index (χ1) is 10.3. The molecule has 0 unspecified atom stereocenters. The van der Waals surface area contributed by atoms with Crippen molar-refractivity contribution < 1.29 is 9.53 Å². The minimum absolute atomic E-state index is 0.224. The quantitative estimate of drug-likeness (QED) is 0.825. The molecule has 0 aliphatic heterocycles. The number of hydrogen-bond acceptors (Lipinski definition) is 4. The molecule has 2 N–H and O–H groups in total. The molecule has 2 aromatic rings. The van der Waals surface area contributed by atoms with E-state index in [2.05, 4.69) is 22.5 Å². The Morgan fingerprint density at radius 1 is 1.43 bits per heavy atom. The first-order valence-electron chi connectivity index (χ1n) is 6.92. The van der Waals surface area contributed by atoms with E-state index in [9.17, 15) is 4.79 Å². The highest BCUT2D eigenvalue weighted by Crippen LogP contribution is 2.17. The molecule has 0 aliphatic carbocycles. The maximum absolute atomic E-state index is 11.8. The van der Waals surface area contributed by atoms with Gasteiger partial charge in [-0.3, -0.25) is 0 Å². The summed E-state index contributed by atoms with van der Waals surface area (Å²) in [7, 11) is 0. The van der Waals surface area contributed by atoms with Gasteiger partial charge in [0.05, 0.1) is 17.8 Å². The Balaban J connectivity index is 1.76. The molecule has 1 heterocycles. The van der Waals surface area contributed by atoms with E-state index >= 15 is 0 Å². The highest BCUT2D eigenvalue weighted by atomic mass is 32.1. The Hall–Kier alpha value is -2.08. The fourth-order valence-corrected chi connectivity index (χ4v) is 2.32. The predicted octanol–water partition coefficient (Wildman–Crippen LogP) is 3.30. The summed E-state index contributed by atoms with van der Waals surface area (Å²) in [5.41, 5.74) is 3.50. The molecule has 0 atom stereocenters. The van der Waals surface area contributed by atoms with Crippen molar-refractivity contribution in [3.63, 3.8) is 0 Å². The number of aromatic nitrogens is 1. The van der Waals surface area contributed by atoms with Crippen LogP contribution in [-0.2, 0) is 6.42 Å². The normalized spacial score (nSPS) is 10.1. The third kappa shape index (κ3) is 5.43. The minimum atomic E-state index is -0.224. The van der Waals surface area contributed by atoms with Gasteiger partial charge in [0, 0.05) is 30.1 Å². The smallest absolute Gasteiger partial charge is 0.319 e. The van der Waals surface area contributed by atoms with Crippen molar-refractivity contribution in [3.8, 4) is 5.75 Å². The summed E-state index contributed by atoms with van der Waals surface area (Å²) in [5, 5.41) is 7.58. The molecule has 6 heteroatoms. The van der Waals surface area contributed by atoms with E-state index in [1.54, 1.807) is 16.8 Å². The molecule has 0 aliphatic rings. The van der Waals surface area contributed by atoms with Gasteiger partial charge >= 0.3 is 6.03 Å². The topological polar surface area (TPSA) is 63.2 Å². The van der Waals surface area contributed by atoms with Crippen LogP contribution in [0.2, 0.25) is 0 Å². The number of amides is 2. The Labute approximate surface area is 128 Å². The van der Waals surface area contributed by atoms with E-state index < -0.39 is 0 Å². The zero-order chi connectivity index (χ0) is 14.9. The summed E-state index contributed by atoms with van der Waals surface area (Å²) in [4.78, 5) is 16.0. The third-order valence-corrected chi connectivity index (χ3v) is 3.35. The molecule has 0 spiro atoms. The summed E-state index contributed by atoms with van der Waals surface area (Å²) in [5.74, 6) is 0.761. The van der Waals surface area contributed by atoms with Crippen LogP contribution in [0.25, 0.3) is 0 Å². The SMILES string of the molecule is CCCOc1cccc(NC(=O)NCCc2cscn2)c1. The van der Waals surface area contributed by atoms with E-state index in [1.807, 2.05) is 29.6 Å². The van der Waals surface area contributed by atoms with E-state index in [0.717, 1.165) is 30.0 Å². The zero-order valence-electron chi connectivity index (χ0n) is 12.0. The largest absolute Gasteiger partial charge is 0.494 e. The lowest BCUT2D eigenvalue weighted by Gasteiger charge is -2.09. The Kier molecular flexibility index (Phi) is 6.02. The number of benzene rings is 1. The number of hydrogen-bond donors (Lipinski definition) is 2. The van der Waals surface area contributed by atoms with Crippen LogP contribution >= 0.6 is 11.3 Å². The van der Waals surface area contributed by atoms with Crippen molar-refractivity contribution >= 4 is 23.1 Å². The highest BCUT2D eigenvalue weighted by Gasteiger charge is 2.03. The molecular formula is C15H19N3O2S. The second-order valence-electron chi connectivity index (χ2n) is 4.49. The monoisotopic (exact) mass is 305 g/mol. The molecular weight excluding hydrogens is 286 g/mol. The van der Waals surface area contributed by atoms with Gasteiger partial charge in [-0.05, 0) is 18.6 Å². The maximum atomic E-state index is 11.8. The summed E-state index contributed by atoms with van der Waals surface area (Å²) < 4.78 is 5.53. The lowest BCUT2D eigenvalue weighted by atomic mass is 10.3. The summed E-state index contributed by atoms with van der Waals surface area (Å²) in [6.07, 6.45) is 1.69. The molecule has 112 valence electrons. The van der Waals surface area contributed by atoms with Crippen molar-refractivity contribution in [1.29, 1.82) is 0 Å². The zero-order valence-corrected chi connectivity index (χ0v) is 12.8. The van der Waals surface area contributed by atoms with Crippen LogP contribution in [0.3, 0.4) is 0 Å². The molecule has 2 amide bonds. The van der Waals surface area contributed by atoms with E-state index in [1.165, 1.54) is 0 Å². The van der Waals surface area contributed by atoms with Crippen LogP contribution in [-0.4, -0.2) is 24.2 Å². The number of nitrogens with zero attached hydrogens (tertiary/aromatic N) is 1. The second kappa shape index (κ2) is 8.26. The molecule has 0 fully saturated rings. The number of urea groups is 1. The van der Waals surface area contributed by atoms with Crippen molar-refractivity contribution in [1.82, 2.24) is 10.3 Å². The molecule has 0 bridgehead atoms. The molecule has 21 heavy (non-hydrogen) atoms. The van der Waals surface area contributed by atoms with Crippen LogP contribution in [0.4, 0.5) is 10.5 Å². The first-order valence-corrected chi connectivity index (χ1v) is 7.87. The van der Waals surface area contributed by atoms with Crippen molar-refractivity contribution in [2.45, 2.75) is 19.8 Å². The second-order valence-corrected chi connectivity index (χ2v) is 5.21. The van der Waals surface area contributed by atoms with Crippen LogP contribution in [0.15, 0.2) is 35.2 Å². The van der Waals surface area contributed by atoms with E-state index in [4.69, 9.17) is 4.74 Å². The molecule has 1 aromatic carbocycles. The molecule has 1 aromatic heterocycles. The lowest BCUT2D eigenvalue weighted by molar-refractivity contribution is 0.252. The molecule has 5 nitrogen and oxygen atoms in total. The van der Waals surface area contributed by atoms with E-state index in [0.29, 0.717) is 13.2 Å². The van der Waals surface area contributed by atoms with Crippen LogP contribution in [0.1, 0.15) is 19.0 Å². The van der Waals surface area contributed by atoms with Crippen LogP contribution < -0.4 is 15.4 Å². The highest BCUT2D eigenvalue weighted by molar-refractivity contribution is 7.07. The third-order valence-electron chi connectivity index (χ3n) is 2.71. The van der Waals surface area contributed by atoms with Gasteiger partial charge in [0.25, 0.3) is 0 Å². The van der Waals surface area contributed by atoms with Gasteiger partial charge in [-0.1, -0.05) is 13.0 Å². The number of carbonyl (C=O) groups is 1. The summed E-state index contributed by atoms with van der Waals surface area (Å²) in [6, 6.07) is 7.16. The van der Waals surface area contributed by atoms with Gasteiger partial charge < -0.3 is 15.4 Å². The average molecular weight is 305 g/mol. The van der Waals surface area contributed by atoms with Crippen LogP contribution in [0, 0.1) is 0 Å². The fraction of sp³-hybridized carbons (Fsp3) is 0.333. The van der Waals surface area contributed by atoms with E-state index in [-0.39, 0.29) is 6.03 Å². The van der Waals surface area contributed by atoms with Gasteiger partial charge in [-0.25, -0.2) is 9.78 Å². The number of carbonyl (C=O) groups excluding carboxylic acids is 1. The summed E-state index contributed by atoms with van der Waals surface area (Å²) >= 11 is 1.56. The molecule has 0 saturated heterocycles. The number of rotatable bonds is 7. The average Bonchev–Trinajstić information content (AvgIpc) is 2.99. The van der Waals surface area contributed by atoms with Crippen molar-refractivity contribution in [2.75, 3.05) is 18.5 Å². The Morgan fingerprint density at radius 3 is 3.10 bits per heavy atom. The predicted molar refractivity (Wildman–Crippen MR) is 85.1 cm³/mol. The van der Waals surface area contributed by atoms with Crippen molar-refractivity contribution in [2.24, 2.45) is 0 Å². The Morgan fingerprint density at radius 2 is 2.33 bits per heavy atom. The lowest BCUT2D eigenvalue weighted by Crippen LogP contribution is -2.30. The number of thiazole rings is 1. The summed E-state index contributed by atoms with van der Waals surface area (Å²) in [6.45, 7) is 3.28. The van der Waals surface area contributed by atoms with Crippen molar-refractivity contribution in [3.05, 3.63) is 40.8 Å². The van der Waals surface area contributed by atoms with Gasteiger partial charge in [0.2, 0.25) is 0 Å². The minimum Gasteiger partial charge on any atom is -0.494 e.